The Morgan fingerprint density at radius 2 is 2.25 bits per heavy atom. The Balaban J connectivity index is 2.23. The molecule has 6 nitrogen and oxygen atoms in total. The first-order chi connectivity index (χ1) is 9.60. The number of hydrogen-bond acceptors (Lipinski definition) is 4. The Morgan fingerprint density at radius 1 is 1.45 bits per heavy atom. The summed E-state index contributed by atoms with van der Waals surface area (Å²) in [6.07, 6.45) is 3.73. The van der Waals surface area contributed by atoms with E-state index in [1.54, 1.807) is 16.8 Å². The number of nitro groups is 1. The van der Waals surface area contributed by atoms with Crippen molar-refractivity contribution in [2.75, 3.05) is 5.32 Å². The smallest absolute Gasteiger partial charge is 0.269 e. The van der Waals surface area contributed by atoms with Crippen LogP contribution in [0.25, 0.3) is 0 Å². The second-order valence-corrected chi connectivity index (χ2v) is 4.71. The largest absolute Gasteiger partial charge is 0.362 e. The molecular weight excluding hydrogens is 256 g/mol. The SMILES string of the molecule is CCCC(Nc1ccn(C)n1)c1cccc([N+](=O)[O-])c1. The number of nitrogens with one attached hydrogen (secondary N) is 1. The average molecular weight is 274 g/mol. The van der Waals surface area contributed by atoms with Gasteiger partial charge in [0.1, 0.15) is 5.82 Å². The molecule has 0 aliphatic heterocycles. The fraction of sp³-hybridized carbons (Fsp3) is 0.357. The quantitative estimate of drug-likeness (QED) is 0.648. The van der Waals surface area contributed by atoms with Crippen LogP contribution in [0.3, 0.4) is 0 Å². The van der Waals surface area contributed by atoms with Crippen molar-refractivity contribution in [3.05, 3.63) is 52.2 Å². The second-order valence-electron chi connectivity index (χ2n) is 4.71. The highest BCUT2D eigenvalue weighted by atomic mass is 16.6. The Hall–Kier alpha value is -2.37. The van der Waals surface area contributed by atoms with Crippen molar-refractivity contribution in [2.24, 2.45) is 7.05 Å². The molecule has 0 spiro atoms. The van der Waals surface area contributed by atoms with Crippen LogP contribution in [0.15, 0.2) is 36.5 Å². The maximum atomic E-state index is 10.9. The molecule has 1 aromatic heterocycles. The van der Waals surface area contributed by atoms with Crippen LogP contribution in [0, 0.1) is 10.1 Å². The van der Waals surface area contributed by atoms with Crippen LogP contribution in [-0.4, -0.2) is 14.7 Å². The normalized spacial score (nSPS) is 12.1. The van der Waals surface area contributed by atoms with Gasteiger partial charge in [-0.2, -0.15) is 5.10 Å². The van der Waals surface area contributed by atoms with Crippen LogP contribution >= 0.6 is 0 Å². The summed E-state index contributed by atoms with van der Waals surface area (Å²) < 4.78 is 1.72. The van der Waals surface area contributed by atoms with E-state index >= 15 is 0 Å². The number of nitro benzene ring substituents is 1. The van der Waals surface area contributed by atoms with Gasteiger partial charge in [-0.25, -0.2) is 0 Å². The number of aryl methyl sites for hydroxylation is 1. The van der Waals surface area contributed by atoms with Crippen molar-refractivity contribution in [3.8, 4) is 0 Å². The van der Waals surface area contributed by atoms with Crippen molar-refractivity contribution < 1.29 is 4.92 Å². The lowest BCUT2D eigenvalue weighted by Gasteiger charge is -2.18. The van der Waals surface area contributed by atoms with Gasteiger partial charge in [0.2, 0.25) is 0 Å². The molecule has 1 unspecified atom stereocenters. The molecule has 1 N–H and O–H groups in total. The van der Waals surface area contributed by atoms with Crippen LogP contribution in [0.2, 0.25) is 0 Å². The van der Waals surface area contributed by atoms with Crippen molar-refractivity contribution >= 4 is 11.5 Å². The second kappa shape index (κ2) is 6.18. The Bertz CT molecular complexity index is 594. The van der Waals surface area contributed by atoms with E-state index in [1.165, 1.54) is 6.07 Å². The third kappa shape index (κ3) is 3.34. The van der Waals surface area contributed by atoms with Gasteiger partial charge < -0.3 is 5.32 Å². The van der Waals surface area contributed by atoms with Gasteiger partial charge in [0.15, 0.2) is 0 Å². The number of rotatable bonds is 6. The third-order valence-corrected chi connectivity index (χ3v) is 3.10. The monoisotopic (exact) mass is 274 g/mol. The molecule has 1 atom stereocenters. The van der Waals surface area contributed by atoms with Crippen LogP contribution in [0.5, 0.6) is 0 Å². The Kier molecular flexibility index (Phi) is 4.34. The van der Waals surface area contributed by atoms with E-state index in [4.69, 9.17) is 0 Å². The maximum absolute atomic E-state index is 10.9. The summed E-state index contributed by atoms with van der Waals surface area (Å²) in [6, 6.07) is 8.66. The van der Waals surface area contributed by atoms with Crippen LogP contribution in [0.4, 0.5) is 11.5 Å². The molecule has 0 amide bonds. The molecule has 0 bridgehead atoms. The number of hydrogen-bond donors (Lipinski definition) is 1. The molecular formula is C14H18N4O2. The van der Waals surface area contributed by atoms with Crippen molar-refractivity contribution in [1.82, 2.24) is 9.78 Å². The van der Waals surface area contributed by atoms with Gasteiger partial charge >= 0.3 is 0 Å². The molecule has 0 saturated heterocycles. The van der Waals surface area contributed by atoms with E-state index in [0.717, 1.165) is 24.2 Å². The highest BCUT2D eigenvalue weighted by Gasteiger charge is 2.15. The van der Waals surface area contributed by atoms with E-state index in [9.17, 15) is 10.1 Å². The van der Waals surface area contributed by atoms with Gasteiger partial charge in [-0.15, -0.1) is 0 Å². The summed E-state index contributed by atoms with van der Waals surface area (Å²) in [5.41, 5.74) is 1.03. The van der Waals surface area contributed by atoms with E-state index in [0.29, 0.717) is 0 Å². The number of non-ortho nitro benzene ring substituents is 1. The lowest BCUT2D eigenvalue weighted by molar-refractivity contribution is -0.384. The molecule has 1 aromatic carbocycles. The van der Waals surface area contributed by atoms with Crippen LogP contribution in [0.1, 0.15) is 31.4 Å². The van der Waals surface area contributed by atoms with Crippen LogP contribution < -0.4 is 5.32 Å². The molecule has 106 valence electrons. The molecule has 2 aromatic rings. The topological polar surface area (TPSA) is 73.0 Å². The zero-order chi connectivity index (χ0) is 14.5. The zero-order valence-electron chi connectivity index (χ0n) is 11.6. The summed E-state index contributed by atoms with van der Waals surface area (Å²) in [7, 11) is 1.85. The zero-order valence-corrected chi connectivity index (χ0v) is 11.6. The molecule has 0 radical (unpaired) electrons. The molecule has 1 heterocycles. The predicted molar refractivity (Wildman–Crippen MR) is 77.6 cm³/mol. The summed E-state index contributed by atoms with van der Waals surface area (Å²) in [6.45, 7) is 2.09. The number of aromatic nitrogens is 2. The first-order valence-electron chi connectivity index (χ1n) is 6.60. The average Bonchev–Trinajstić information content (AvgIpc) is 2.84. The summed E-state index contributed by atoms with van der Waals surface area (Å²) >= 11 is 0. The summed E-state index contributed by atoms with van der Waals surface area (Å²) in [5.74, 6) is 0.775. The number of anilines is 1. The van der Waals surface area contributed by atoms with Gasteiger partial charge in [0.05, 0.1) is 11.0 Å². The fourth-order valence-electron chi connectivity index (χ4n) is 2.14. The van der Waals surface area contributed by atoms with Crippen molar-refractivity contribution in [3.63, 3.8) is 0 Å². The Morgan fingerprint density at radius 3 is 2.85 bits per heavy atom. The van der Waals surface area contributed by atoms with Gasteiger partial charge in [-0.05, 0) is 12.0 Å². The van der Waals surface area contributed by atoms with Gasteiger partial charge in [0.25, 0.3) is 5.69 Å². The molecule has 0 fully saturated rings. The Labute approximate surface area is 117 Å². The van der Waals surface area contributed by atoms with Crippen molar-refractivity contribution in [2.45, 2.75) is 25.8 Å². The highest BCUT2D eigenvalue weighted by molar-refractivity contribution is 5.41. The first kappa shape index (κ1) is 14.0. The van der Waals surface area contributed by atoms with Gasteiger partial charge in [-0.3, -0.25) is 14.8 Å². The van der Waals surface area contributed by atoms with E-state index < -0.39 is 0 Å². The lowest BCUT2D eigenvalue weighted by Crippen LogP contribution is -2.11. The maximum Gasteiger partial charge on any atom is 0.269 e. The molecule has 6 heteroatoms. The minimum Gasteiger partial charge on any atom is -0.362 e. The number of benzene rings is 1. The van der Waals surface area contributed by atoms with E-state index in [1.807, 2.05) is 25.4 Å². The highest BCUT2D eigenvalue weighted by Crippen LogP contribution is 2.25. The summed E-state index contributed by atoms with van der Waals surface area (Å²) in [4.78, 5) is 10.5. The molecule has 0 saturated carbocycles. The minimum atomic E-state index is -0.368. The first-order valence-corrected chi connectivity index (χ1v) is 6.60. The fourth-order valence-corrected chi connectivity index (χ4v) is 2.14. The van der Waals surface area contributed by atoms with Gasteiger partial charge in [-0.1, -0.05) is 25.5 Å². The molecule has 0 aliphatic rings. The van der Waals surface area contributed by atoms with Crippen molar-refractivity contribution in [1.29, 1.82) is 0 Å². The lowest BCUT2D eigenvalue weighted by atomic mass is 10.0. The van der Waals surface area contributed by atoms with E-state index in [2.05, 4.69) is 17.3 Å². The standard InChI is InChI=1S/C14H18N4O2/c1-3-5-13(15-14-8-9-17(2)16-14)11-6-4-7-12(10-11)18(19)20/h4,6-10,13H,3,5H2,1-2H3,(H,15,16). The molecule has 2 rings (SSSR count). The van der Waals surface area contributed by atoms with Crippen LogP contribution in [-0.2, 0) is 7.05 Å². The van der Waals surface area contributed by atoms with Gasteiger partial charge in [0, 0.05) is 31.4 Å². The number of nitrogens with zero attached hydrogens (tertiary/aromatic N) is 3. The third-order valence-electron chi connectivity index (χ3n) is 3.10. The molecule has 20 heavy (non-hydrogen) atoms. The minimum absolute atomic E-state index is 0.0230. The molecule has 0 aliphatic carbocycles. The predicted octanol–water partition coefficient (Wildman–Crippen LogP) is 3.28. The summed E-state index contributed by atoms with van der Waals surface area (Å²) in [5, 5.41) is 18.5. The van der Waals surface area contributed by atoms with E-state index in [-0.39, 0.29) is 16.7 Å².